The summed E-state index contributed by atoms with van der Waals surface area (Å²) in [6, 6.07) is 13.1. The molecular formula is C21H18N2O5. The third kappa shape index (κ3) is 3.42. The summed E-state index contributed by atoms with van der Waals surface area (Å²) in [6.07, 6.45) is 1.65. The first-order valence-electron chi connectivity index (χ1n) is 8.50. The van der Waals surface area contributed by atoms with Gasteiger partial charge >= 0.3 is 5.97 Å². The van der Waals surface area contributed by atoms with E-state index in [0.29, 0.717) is 11.4 Å². The van der Waals surface area contributed by atoms with E-state index in [-0.39, 0.29) is 16.8 Å². The molecular weight excluding hydrogens is 360 g/mol. The van der Waals surface area contributed by atoms with Gasteiger partial charge in [0.25, 0.3) is 11.6 Å². The van der Waals surface area contributed by atoms with Crippen LogP contribution in [0.3, 0.4) is 0 Å². The van der Waals surface area contributed by atoms with Gasteiger partial charge in [-0.25, -0.2) is 4.79 Å². The highest BCUT2D eigenvalue weighted by Gasteiger charge is 2.38. The smallest absolute Gasteiger partial charge is 0.340 e. The number of carbonyl (C=O) groups excluding carboxylic acids is 2. The molecule has 0 unspecified atom stereocenters. The number of anilines is 1. The van der Waals surface area contributed by atoms with Gasteiger partial charge in [0.2, 0.25) is 0 Å². The van der Waals surface area contributed by atoms with Crippen molar-refractivity contribution in [3.8, 4) is 0 Å². The fourth-order valence-electron chi connectivity index (χ4n) is 3.14. The van der Waals surface area contributed by atoms with E-state index in [9.17, 15) is 19.7 Å². The van der Waals surface area contributed by atoms with E-state index < -0.39 is 16.8 Å². The number of carbonyl (C=O) groups is 2. The van der Waals surface area contributed by atoms with Crippen LogP contribution in [-0.2, 0) is 14.3 Å². The Hall–Kier alpha value is -3.74. The molecule has 1 amide bonds. The SMILES string of the molecule is COC(=O)C1=C(C)N(c2ccc([N+](=O)[O-])cc2)C(=O)/C1=C\c1cccc(C)c1. The minimum atomic E-state index is -0.617. The van der Waals surface area contributed by atoms with E-state index in [4.69, 9.17) is 4.74 Å². The van der Waals surface area contributed by atoms with Gasteiger partial charge in [-0.1, -0.05) is 29.8 Å². The molecule has 0 N–H and O–H groups in total. The molecule has 0 aromatic heterocycles. The van der Waals surface area contributed by atoms with Crippen LogP contribution in [0, 0.1) is 17.0 Å². The summed E-state index contributed by atoms with van der Waals surface area (Å²) >= 11 is 0. The summed E-state index contributed by atoms with van der Waals surface area (Å²) in [5.74, 6) is -1.01. The zero-order valence-electron chi connectivity index (χ0n) is 15.6. The first-order chi connectivity index (χ1) is 13.3. The van der Waals surface area contributed by atoms with Crippen LogP contribution >= 0.6 is 0 Å². The average Bonchev–Trinajstić information content (AvgIpc) is 2.91. The molecule has 2 aromatic rings. The van der Waals surface area contributed by atoms with Crippen molar-refractivity contribution in [2.45, 2.75) is 13.8 Å². The second-order valence-electron chi connectivity index (χ2n) is 6.34. The number of ether oxygens (including phenoxy) is 1. The quantitative estimate of drug-likeness (QED) is 0.350. The highest BCUT2D eigenvalue weighted by Crippen LogP contribution is 2.36. The Labute approximate surface area is 161 Å². The molecule has 1 aliphatic rings. The number of amides is 1. The van der Waals surface area contributed by atoms with E-state index in [0.717, 1.165) is 11.1 Å². The van der Waals surface area contributed by atoms with Gasteiger partial charge in [0.1, 0.15) is 0 Å². The second-order valence-corrected chi connectivity index (χ2v) is 6.34. The maximum absolute atomic E-state index is 13.1. The highest BCUT2D eigenvalue weighted by molar-refractivity contribution is 6.23. The molecule has 142 valence electrons. The molecule has 28 heavy (non-hydrogen) atoms. The zero-order chi connectivity index (χ0) is 20.4. The van der Waals surface area contributed by atoms with Gasteiger partial charge in [0.15, 0.2) is 0 Å². The topological polar surface area (TPSA) is 89.8 Å². The molecule has 7 heteroatoms. The number of hydrogen-bond donors (Lipinski definition) is 0. The van der Waals surface area contributed by atoms with Gasteiger partial charge in [0.05, 0.1) is 23.2 Å². The van der Waals surface area contributed by atoms with Crippen molar-refractivity contribution in [3.05, 3.63) is 86.6 Å². The van der Waals surface area contributed by atoms with Crippen LogP contribution in [-0.4, -0.2) is 23.9 Å². The van der Waals surface area contributed by atoms with Crippen molar-refractivity contribution >= 4 is 29.3 Å². The summed E-state index contributed by atoms with van der Waals surface area (Å²) in [5.41, 5.74) is 2.95. The summed E-state index contributed by atoms with van der Waals surface area (Å²) in [7, 11) is 1.26. The van der Waals surface area contributed by atoms with E-state index in [1.165, 1.54) is 36.3 Å². The van der Waals surface area contributed by atoms with Crippen molar-refractivity contribution in [2.75, 3.05) is 12.0 Å². The Morgan fingerprint density at radius 3 is 2.39 bits per heavy atom. The number of nitrogens with zero attached hydrogens (tertiary/aromatic N) is 2. The molecule has 0 bridgehead atoms. The number of rotatable bonds is 4. The van der Waals surface area contributed by atoms with Crippen molar-refractivity contribution in [3.63, 3.8) is 0 Å². The number of methoxy groups -OCH3 is 1. The molecule has 7 nitrogen and oxygen atoms in total. The Morgan fingerprint density at radius 1 is 1.14 bits per heavy atom. The molecule has 1 aliphatic heterocycles. The number of allylic oxidation sites excluding steroid dienone is 1. The van der Waals surface area contributed by atoms with Crippen molar-refractivity contribution in [1.29, 1.82) is 0 Å². The molecule has 0 saturated heterocycles. The van der Waals surface area contributed by atoms with Gasteiger partial charge in [-0.15, -0.1) is 0 Å². The Kier molecular flexibility index (Phi) is 5.08. The predicted octanol–water partition coefficient (Wildman–Crippen LogP) is 3.78. The number of aryl methyl sites for hydroxylation is 1. The van der Waals surface area contributed by atoms with Crippen LogP contribution in [0.25, 0.3) is 6.08 Å². The largest absolute Gasteiger partial charge is 0.465 e. The minimum Gasteiger partial charge on any atom is -0.465 e. The molecule has 0 saturated carbocycles. The molecule has 0 aliphatic carbocycles. The average molecular weight is 378 g/mol. The first-order valence-corrected chi connectivity index (χ1v) is 8.50. The van der Waals surface area contributed by atoms with E-state index in [1.807, 2.05) is 31.2 Å². The number of benzene rings is 2. The molecule has 0 fully saturated rings. The Morgan fingerprint density at radius 2 is 1.82 bits per heavy atom. The zero-order valence-corrected chi connectivity index (χ0v) is 15.6. The van der Waals surface area contributed by atoms with Gasteiger partial charge < -0.3 is 4.74 Å². The van der Waals surface area contributed by atoms with Crippen LogP contribution in [0.15, 0.2) is 65.4 Å². The monoisotopic (exact) mass is 378 g/mol. The molecule has 2 aromatic carbocycles. The predicted molar refractivity (Wildman–Crippen MR) is 104 cm³/mol. The van der Waals surface area contributed by atoms with E-state index in [2.05, 4.69) is 0 Å². The lowest BCUT2D eigenvalue weighted by atomic mass is 10.0. The maximum atomic E-state index is 13.1. The summed E-state index contributed by atoms with van der Waals surface area (Å²) in [5, 5.41) is 10.9. The Bertz CT molecular complexity index is 1040. The summed E-state index contributed by atoms with van der Waals surface area (Å²) in [6.45, 7) is 3.58. The highest BCUT2D eigenvalue weighted by atomic mass is 16.6. The number of non-ortho nitro benzene ring substituents is 1. The van der Waals surface area contributed by atoms with Gasteiger partial charge in [-0.05, 0) is 37.6 Å². The molecule has 0 radical (unpaired) electrons. The molecule has 0 spiro atoms. The maximum Gasteiger partial charge on any atom is 0.340 e. The normalized spacial score (nSPS) is 15.3. The lowest BCUT2D eigenvalue weighted by Crippen LogP contribution is -2.24. The van der Waals surface area contributed by atoms with E-state index >= 15 is 0 Å². The number of nitro groups is 1. The fraction of sp³-hybridized carbons (Fsp3) is 0.143. The Balaban J connectivity index is 2.11. The molecule has 0 atom stereocenters. The first kappa shape index (κ1) is 19.0. The van der Waals surface area contributed by atoms with Crippen LogP contribution in [0.1, 0.15) is 18.1 Å². The second kappa shape index (κ2) is 7.48. The van der Waals surface area contributed by atoms with Crippen LogP contribution in [0.4, 0.5) is 11.4 Å². The third-order valence-corrected chi connectivity index (χ3v) is 4.46. The fourth-order valence-corrected chi connectivity index (χ4v) is 3.14. The lowest BCUT2D eigenvalue weighted by Gasteiger charge is -2.17. The van der Waals surface area contributed by atoms with Crippen molar-refractivity contribution in [1.82, 2.24) is 0 Å². The van der Waals surface area contributed by atoms with Gasteiger partial charge in [0, 0.05) is 23.5 Å². The van der Waals surface area contributed by atoms with Crippen molar-refractivity contribution in [2.24, 2.45) is 0 Å². The van der Waals surface area contributed by atoms with Gasteiger partial charge in [-0.3, -0.25) is 19.8 Å². The summed E-state index contributed by atoms with van der Waals surface area (Å²) in [4.78, 5) is 37.2. The third-order valence-electron chi connectivity index (χ3n) is 4.46. The molecule has 3 rings (SSSR count). The van der Waals surface area contributed by atoms with Gasteiger partial charge in [-0.2, -0.15) is 0 Å². The van der Waals surface area contributed by atoms with Crippen LogP contribution < -0.4 is 4.90 Å². The van der Waals surface area contributed by atoms with Crippen molar-refractivity contribution < 1.29 is 19.2 Å². The minimum absolute atomic E-state index is 0.0826. The van der Waals surface area contributed by atoms with Crippen LogP contribution in [0.5, 0.6) is 0 Å². The molecule has 1 heterocycles. The van der Waals surface area contributed by atoms with E-state index in [1.54, 1.807) is 13.0 Å². The van der Waals surface area contributed by atoms with Crippen LogP contribution in [0.2, 0.25) is 0 Å². The number of nitro benzene ring substituents is 1. The lowest BCUT2D eigenvalue weighted by molar-refractivity contribution is -0.384. The number of hydrogen-bond acceptors (Lipinski definition) is 5. The summed E-state index contributed by atoms with van der Waals surface area (Å²) < 4.78 is 4.87. The number of esters is 1. The standard InChI is InChI=1S/C21H18N2O5/c1-13-5-4-6-15(11-13)12-18-19(21(25)28-3)14(2)22(20(18)24)16-7-9-17(10-8-16)23(26)27/h4-12H,1-3H3/b18-12-.